The highest BCUT2D eigenvalue weighted by molar-refractivity contribution is 6.32. The van der Waals surface area contributed by atoms with E-state index in [0.29, 0.717) is 39.2 Å². The van der Waals surface area contributed by atoms with Crippen molar-refractivity contribution in [1.82, 2.24) is 9.97 Å². The van der Waals surface area contributed by atoms with Crippen LogP contribution in [0.15, 0.2) is 63.6 Å². The monoisotopic (exact) mass is 412 g/mol. The third-order valence-corrected chi connectivity index (χ3v) is 4.54. The van der Waals surface area contributed by atoms with Gasteiger partial charge in [0.1, 0.15) is 17.7 Å². The van der Waals surface area contributed by atoms with E-state index in [4.69, 9.17) is 36.8 Å². The summed E-state index contributed by atoms with van der Waals surface area (Å²) in [7, 11) is 1.56. The van der Waals surface area contributed by atoms with Gasteiger partial charge in [0.25, 0.3) is 0 Å². The molecule has 0 bridgehead atoms. The van der Waals surface area contributed by atoms with Crippen LogP contribution in [0.4, 0.5) is 0 Å². The van der Waals surface area contributed by atoms with Crippen molar-refractivity contribution in [2.75, 3.05) is 7.11 Å². The summed E-state index contributed by atoms with van der Waals surface area (Å²) in [6.07, 6.45) is 4.87. The van der Waals surface area contributed by atoms with Gasteiger partial charge in [-0.05, 0) is 12.1 Å². The molecule has 0 aliphatic heterocycles. The number of benzene rings is 2. The molecule has 2 aromatic carbocycles. The first-order valence-electron chi connectivity index (χ1n) is 8.33. The second kappa shape index (κ2) is 7.92. The van der Waals surface area contributed by atoms with Gasteiger partial charge in [-0.15, -0.1) is 0 Å². The maximum Gasteiger partial charge on any atom is 0.221 e. The Morgan fingerprint density at radius 2 is 1.71 bits per heavy atom. The Balaban J connectivity index is 1.55. The van der Waals surface area contributed by atoms with Crippen molar-refractivity contribution in [1.29, 1.82) is 0 Å². The molecule has 0 aliphatic carbocycles. The van der Waals surface area contributed by atoms with Gasteiger partial charge in [0, 0.05) is 23.3 Å². The van der Waals surface area contributed by atoms with Crippen LogP contribution in [0.2, 0.25) is 10.2 Å². The third-order valence-electron chi connectivity index (χ3n) is 3.98. The number of halogens is 2. The second-order valence-electron chi connectivity index (χ2n) is 5.79. The Morgan fingerprint density at radius 3 is 2.50 bits per heavy atom. The van der Waals surface area contributed by atoms with Crippen LogP contribution in [0.25, 0.3) is 34.7 Å². The Labute approximate surface area is 171 Å². The number of ether oxygens (including phenoxy) is 1. The lowest BCUT2D eigenvalue weighted by atomic mass is 10.1. The Morgan fingerprint density at radius 1 is 0.929 bits per heavy atom. The van der Waals surface area contributed by atoms with E-state index in [1.54, 1.807) is 37.7 Å². The fourth-order valence-corrected chi connectivity index (χ4v) is 3.04. The smallest absolute Gasteiger partial charge is 0.221 e. The van der Waals surface area contributed by atoms with Gasteiger partial charge in [-0.25, -0.2) is 4.98 Å². The quantitative estimate of drug-likeness (QED) is 0.375. The molecular weight excluding hydrogens is 399 g/mol. The molecule has 2 heterocycles. The molecular formula is C21H14Cl2N2O3. The first-order valence-corrected chi connectivity index (χ1v) is 9.09. The van der Waals surface area contributed by atoms with Crippen LogP contribution in [-0.2, 0) is 0 Å². The summed E-state index contributed by atoms with van der Waals surface area (Å²) in [5, 5.41) is 0.831. The number of oxazole rings is 2. The minimum absolute atomic E-state index is 0.298. The molecule has 4 aromatic rings. The topological polar surface area (TPSA) is 61.3 Å². The number of rotatable bonds is 5. The molecule has 2 aromatic heterocycles. The molecule has 140 valence electrons. The Kier molecular flexibility index (Phi) is 5.19. The van der Waals surface area contributed by atoms with Crippen molar-refractivity contribution in [3.8, 4) is 28.3 Å². The summed E-state index contributed by atoms with van der Waals surface area (Å²) < 4.78 is 16.5. The Bertz CT molecular complexity index is 1130. The summed E-state index contributed by atoms with van der Waals surface area (Å²) in [6.45, 7) is 0. The molecule has 0 atom stereocenters. The number of methoxy groups -OCH3 is 1. The van der Waals surface area contributed by atoms with Crippen LogP contribution in [0.5, 0.6) is 5.75 Å². The van der Waals surface area contributed by atoms with E-state index in [1.165, 1.54) is 0 Å². The molecule has 0 saturated heterocycles. The largest absolute Gasteiger partial charge is 0.495 e. The predicted molar refractivity (Wildman–Crippen MR) is 109 cm³/mol. The first-order chi connectivity index (χ1) is 13.6. The molecule has 4 rings (SSSR count). The molecule has 0 unspecified atom stereocenters. The van der Waals surface area contributed by atoms with Gasteiger partial charge in [0.15, 0.2) is 10.9 Å². The number of aromatic nitrogens is 2. The van der Waals surface area contributed by atoms with Crippen molar-refractivity contribution in [2.24, 2.45) is 0 Å². The van der Waals surface area contributed by atoms with Gasteiger partial charge in [0.2, 0.25) is 11.8 Å². The lowest BCUT2D eigenvalue weighted by Crippen LogP contribution is -1.85. The summed E-state index contributed by atoms with van der Waals surface area (Å²) >= 11 is 12.2. The fraction of sp³-hybridized carbons (Fsp3) is 0.0476. The standard InChI is InChI=1S/C21H14Cl2N2O3/c1-26-17-11-14(7-8-15(17)22)16-12-27-18(24-16)9-10-19-25-21(23)20(28-19)13-5-3-2-4-6-13/h2-12H,1H3/b10-9+. The van der Waals surface area contributed by atoms with Crippen molar-refractivity contribution in [3.05, 3.63) is 76.8 Å². The molecule has 0 amide bonds. The minimum atomic E-state index is 0.298. The summed E-state index contributed by atoms with van der Waals surface area (Å²) in [5.74, 6) is 1.85. The van der Waals surface area contributed by atoms with Gasteiger partial charge in [-0.1, -0.05) is 59.6 Å². The third kappa shape index (κ3) is 3.81. The van der Waals surface area contributed by atoms with E-state index < -0.39 is 0 Å². The normalized spacial score (nSPS) is 11.2. The van der Waals surface area contributed by atoms with Gasteiger partial charge < -0.3 is 13.6 Å². The Hall–Kier alpha value is -3.02. The fourth-order valence-electron chi connectivity index (χ4n) is 2.61. The number of hydrogen-bond acceptors (Lipinski definition) is 5. The van der Waals surface area contributed by atoms with Gasteiger partial charge in [0.05, 0.1) is 12.1 Å². The zero-order valence-electron chi connectivity index (χ0n) is 14.7. The van der Waals surface area contributed by atoms with E-state index in [1.807, 2.05) is 36.4 Å². The first kappa shape index (κ1) is 18.3. The van der Waals surface area contributed by atoms with Crippen molar-refractivity contribution >= 4 is 35.4 Å². The molecule has 28 heavy (non-hydrogen) atoms. The van der Waals surface area contributed by atoms with E-state index in [-0.39, 0.29) is 0 Å². The highest BCUT2D eigenvalue weighted by Crippen LogP contribution is 2.31. The maximum absolute atomic E-state index is 6.19. The molecule has 0 radical (unpaired) electrons. The second-order valence-corrected chi connectivity index (χ2v) is 6.56. The highest BCUT2D eigenvalue weighted by Gasteiger charge is 2.12. The zero-order chi connectivity index (χ0) is 19.5. The molecule has 0 fully saturated rings. The molecule has 0 saturated carbocycles. The average molecular weight is 413 g/mol. The van der Waals surface area contributed by atoms with E-state index in [9.17, 15) is 0 Å². The number of hydrogen-bond donors (Lipinski definition) is 0. The molecule has 7 heteroatoms. The lowest BCUT2D eigenvalue weighted by Gasteiger charge is -2.03. The molecule has 0 spiro atoms. The highest BCUT2D eigenvalue weighted by atomic mass is 35.5. The SMILES string of the molecule is COc1cc(-c2coc(/C=C/c3nc(Cl)c(-c4ccccc4)o3)n2)ccc1Cl. The van der Waals surface area contributed by atoms with Crippen LogP contribution in [-0.4, -0.2) is 17.1 Å². The zero-order valence-corrected chi connectivity index (χ0v) is 16.2. The summed E-state index contributed by atoms with van der Waals surface area (Å²) in [6, 6.07) is 14.9. The summed E-state index contributed by atoms with van der Waals surface area (Å²) in [5.41, 5.74) is 2.34. The lowest BCUT2D eigenvalue weighted by molar-refractivity contribution is 0.415. The van der Waals surface area contributed by atoms with Crippen LogP contribution >= 0.6 is 23.2 Å². The van der Waals surface area contributed by atoms with E-state index >= 15 is 0 Å². The van der Waals surface area contributed by atoms with E-state index in [2.05, 4.69) is 9.97 Å². The molecule has 0 N–H and O–H groups in total. The van der Waals surface area contributed by atoms with Crippen molar-refractivity contribution in [2.45, 2.75) is 0 Å². The van der Waals surface area contributed by atoms with Crippen LogP contribution in [0.1, 0.15) is 11.8 Å². The average Bonchev–Trinajstić information content (AvgIpc) is 3.34. The molecule has 0 aliphatic rings. The van der Waals surface area contributed by atoms with Crippen LogP contribution in [0.3, 0.4) is 0 Å². The van der Waals surface area contributed by atoms with Crippen molar-refractivity contribution in [3.63, 3.8) is 0 Å². The van der Waals surface area contributed by atoms with Gasteiger partial charge in [-0.3, -0.25) is 0 Å². The van der Waals surface area contributed by atoms with Crippen molar-refractivity contribution < 1.29 is 13.6 Å². The minimum Gasteiger partial charge on any atom is -0.495 e. The van der Waals surface area contributed by atoms with Crippen LogP contribution < -0.4 is 4.74 Å². The van der Waals surface area contributed by atoms with Gasteiger partial charge >= 0.3 is 0 Å². The predicted octanol–water partition coefficient (Wildman–Crippen LogP) is 6.48. The molecule has 5 nitrogen and oxygen atoms in total. The van der Waals surface area contributed by atoms with Gasteiger partial charge in [-0.2, -0.15) is 4.98 Å². The maximum atomic E-state index is 6.19. The summed E-state index contributed by atoms with van der Waals surface area (Å²) in [4.78, 5) is 8.64. The van der Waals surface area contributed by atoms with E-state index in [0.717, 1.165) is 11.1 Å². The van der Waals surface area contributed by atoms with Crippen LogP contribution in [0, 0.1) is 0 Å². The number of nitrogens with zero attached hydrogens (tertiary/aromatic N) is 2.